The van der Waals surface area contributed by atoms with Crippen LogP contribution < -0.4 is 5.73 Å². The minimum atomic E-state index is -0.526. The maximum absolute atomic E-state index is 12.5. The van der Waals surface area contributed by atoms with Crippen LogP contribution in [0.5, 0.6) is 0 Å². The number of piperidine rings is 1. The second kappa shape index (κ2) is 9.42. The van der Waals surface area contributed by atoms with E-state index in [0.717, 1.165) is 24.8 Å². The lowest BCUT2D eigenvalue weighted by Gasteiger charge is -2.38. The largest absolute Gasteiger partial charge is 0.445 e. The molecule has 2 atom stereocenters. The van der Waals surface area contributed by atoms with Crippen molar-refractivity contribution in [2.24, 2.45) is 5.73 Å². The molecule has 1 aliphatic heterocycles. The van der Waals surface area contributed by atoms with Gasteiger partial charge in [0.25, 0.3) is 0 Å². The summed E-state index contributed by atoms with van der Waals surface area (Å²) >= 11 is 0. The number of nitrogens with zero attached hydrogens (tertiary/aromatic N) is 2. The third-order valence-corrected chi connectivity index (χ3v) is 4.58. The van der Waals surface area contributed by atoms with Crippen molar-refractivity contribution in [2.75, 3.05) is 19.6 Å². The number of rotatable bonds is 6. The molecule has 2 amide bonds. The molecule has 1 aromatic rings. The normalized spacial score (nSPS) is 18.5. The van der Waals surface area contributed by atoms with Gasteiger partial charge in [-0.1, -0.05) is 30.3 Å². The van der Waals surface area contributed by atoms with Gasteiger partial charge in [0.15, 0.2) is 0 Å². The molecule has 0 unspecified atom stereocenters. The van der Waals surface area contributed by atoms with E-state index in [-0.39, 0.29) is 24.6 Å². The van der Waals surface area contributed by atoms with Gasteiger partial charge in [-0.25, -0.2) is 4.79 Å². The van der Waals surface area contributed by atoms with Gasteiger partial charge in [-0.05, 0) is 38.7 Å². The van der Waals surface area contributed by atoms with Gasteiger partial charge in [-0.15, -0.1) is 0 Å². The molecule has 6 heteroatoms. The first-order valence-corrected chi connectivity index (χ1v) is 9.04. The van der Waals surface area contributed by atoms with E-state index < -0.39 is 6.04 Å². The van der Waals surface area contributed by atoms with Crippen molar-refractivity contribution >= 4 is 12.0 Å². The number of hydrogen-bond acceptors (Lipinski definition) is 4. The average Bonchev–Trinajstić information content (AvgIpc) is 2.64. The molecule has 0 bridgehead atoms. The monoisotopic (exact) mass is 347 g/mol. The SMILES string of the molecule is CCN(C[C@@H]1CCCCN1C(=O)OCc1ccccc1)C(=O)[C@H](C)N. The second-order valence-electron chi connectivity index (χ2n) is 6.55. The number of nitrogens with two attached hydrogens (primary N) is 1. The van der Waals surface area contributed by atoms with E-state index in [0.29, 0.717) is 19.6 Å². The number of carbonyl (C=O) groups excluding carboxylic acids is 2. The Morgan fingerprint density at radius 3 is 2.68 bits per heavy atom. The Kier molecular flexibility index (Phi) is 7.25. The molecular weight excluding hydrogens is 318 g/mol. The van der Waals surface area contributed by atoms with Gasteiger partial charge in [0, 0.05) is 19.6 Å². The van der Waals surface area contributed by atoms with Crippen molar-refractivity contribution < 1.29 is 14.3 Å². The summed E-state index contributed by atoms with van der Waals surface area (Å²) in [5.41, 5.74) is 6.69. The number of likely N-dealkylation sites (N-methyl/N-ethyl adjacent to an activating group) is 1. The van der Waals surface area contributed by atoms with Gasteiger partial charge in [0.2, 0.25) is 5.91 Å². The summed E-state index contributed by atoms with van der Waals surface area (Å²) in [7, 11) is 0. The third kappa shape index (κ3) is 5.46. The quantitative estimate of drug-likeness (QED) is 0.857. The lowest BCUT2D eigenvalue weighted by atomic mass is 10.0. The molecule has 1 fully saturated rings. The van der Waals surface area contributed by atoms with E-state index in [9.17, 15) is 9.59 Å². The minimum Gasteiger partial charge on any atom is -0.445 e. The fourth-order valence-electron chi connectivity index (χ4n) is 3.15. The van der Waals surface area contributed by atoms with E-state index in [1.807, 2.05) is 37.3 Å². The first-order valence-electron chi connectivity index (χ1n) is 9.04. The standard InChI is InChI=1S/C19H29N3O3/c1-3-21(18(23)15(2)20)13-17-11-7-8-12-22(17)19(24)25-14-16-9-5-4-6-10-16/h4-6,9-10,15,17H,3,7-8,11-14,20H2,1-2H3/t15-,17-/m0/s1. The van der Waals surface area contributed by atoms with Crippen LogP contribution in [0.15, 0.2) is 30.3 Å². The lowest BCUT2D eigenvalue weighted by molar-refractivity contribution is -0.133. The highest BCUT2D eigenvalue weighted by molar-refractivity contribution is 5.81. The predicted molar refractivity (Wildman–Crippen MR) is 96.9 cm³/mol. The van der Waals surface area contributed by atoms with E-state index in [1.54, 1.807) is 16.7 Å². The van der Waals surface area contributed by atoms with Gasteiger partial charge < -0.3 is 20.3 Å². The zero-order chi connectivity index (χ0) is 18.2. The average molecular weight is 347 g/mol. The number of amides is 2. The van der Waals surface area contributed by atoms with Gasteiger partial charge in [0.1, 0.15) is 6.61 Å². The van der Waals surface area contributed by atoms with Crippen LogP contribution in [-0.2, 0) is 16.1 Å². The molecule has 0 saturated carbocycles. The zero-order valence-electron chi connectivity index (χ0n) is 15.2. The number of likely N-dealkylation sites (tertiary alicyclic amines) is 1. The molecule has 0 spiro atoms. The summed E-state index contributed by atoms with van der Waals surface area (Å²) in [6.07, 6.45) is 2.59. The first kappa shape index (κ1) is 19.2. The second-order valence-corrected chi connectivity index (χ2v) is 6.55. The lowest BCUT2D eigenvalue weighted by Crippen LogP contribution is -2.52. The fourth-order valence-corrected chi connectivity index (χ4v) is 3.15. The molecule has 1 saturated heterocycles. The Morgan fingerprint density at radius 1 is 1.32 bits per heavy atom. The molecule has 0 aliphatic carbocycles. The molecule has 0 aromatic heterocycles. The van der Waals surface area contributed by atoms with Crippen molar-refractivity contribution in [2.45, 2.75) is 51.8 Å². The summed E-state index contributed by atoms with van der Waals surface area (Å²) in [6.45, 7) is 5.65. The first-order chi connectivity index (χ1) is 12.0. The van der Waals surface area contributed by atoms with Crippen LogP contribution in [0, 0.1) is 0 Å². The minimum absolute atomic E-state index is 0.0142. The van der Waals surface area contributed by atoms with Crippen molar-refractivity contribution in [1.29, 1.82) is 0 Å². The molecule has 2 N–H and O–H groups in total. The molecule has 1 aromatic carbocycles. The summed E-state index contributed by atoms with van der Waals surface area (Å²) < 4.78 is 5.48. The molecule has 2 rings (SSSR count). The molecule has 138 valence electrons. The highest BCUT2D eigenvalue weighted by Crippen LogP contribution is 2.20. The summed E-state index contributed by atoms with van der Waals surface area (Å²) in [5.74, 6) is -0.0781. The topological polar surface area (TPSA) is 75.9 Å². The van der Waals surface area contributed by atoms with Gasteiger partial charge in [0.05, 0.1) is 12.1 Å². The number of hydrogen-bond donors (Lipinski definition) is 1. The zero-order valence-corrected chi connectivity index (χ0v) is 15.2. The van der Waals surface area contributed by atoms with E-state index in [2.05, 4.69) is 0 Å². The molecule has 1 heterocycles. The van der Waals surface area contributed by atoms with Gasteiger partial charge in [-0.3, -0.25) is 4.79 Å². The van der Waals surface area contributed by atoms with Crippen molar-refractivity contribution in [3.63, 3.8) is 0 Å². The smallest absolute Gasteiger partial charge is 0.410 e. The highest BCUT2D eigenvalue weighted by Gasteiger charge is 2.30. The van der Waals surface area contributed by atoms with Gasteiger partial charge >= 0.3 is 6.09 Å². The summed E-state index contributed by atoms with van der Waals surface area (Å²) in [5, 5.41) is 0. The third-order valence-electron chi connectivity index (χ3n) is 4.58. The van der Waals surface area contributed by atoms with Crippen molar-refractivity contribution in [3.05, 3.63) is 35.9 Å². The van der Waals surface area contributed by atoms with Crippen molar-refractivity contribution in [3.8, 4) is 0 Å². The summed E-state index contributed by atoms with van der Waals surface area (Å²) in [6, 6.07) is 9.10. The highest BCUT2D eigenvalue weighted by atomic mass is 16.6. The Hall–Kier alpha value is -2.08. The van der Waals surface area contributed by atoms with Crippen LogP contribution in [0.25, 0.3) is 0 Å². The Balaban J connectivity index is 1.96. The fraction of sp³-hybridized carbons (Fsp3) is 0.579. The number of benzene rings is 1. The van der Waals surface area contributed by atoms with Crippen LogP contribution in [0.1, 0.15) is 38.7 Å². The van der Waals surface area contributed by atoms with Crippen LogP contribution >= 0.6 is 0 Å². The molecule has 25 heavy (non-hydrogen) atoms. The Bertz CT molecular complexity index is 562. The van der Waals surface area contributed by atoms with Crippen LogP contribution in [-0.4, -0.2) is 53.5 Å². The van der Waals surface area contributed by atoms with E-state index in [1.165, 1.54) is 0 Å². The number of ether oxygens (including phenoxy) is 1. The maximum atomic E-state index is 12.5. The molecular formula is C19H29N3O3. The summed E-state index contributed by atoms with van der Waals surface area (Å²) in [4.78, 5) is 28.2. The Morgan fingerprint density at radius 2 is 2.04 bits per heavy atom. The predicted octanol–water partition coefficient (Wildman–Crippen LogP) is 2.37. The number of carbonyl (C=O) groups is 2. The van der Waals surface area contributed by atoms with Gasteiger partial charge in [-0.2, -0.15) is 0 Å². The van der Waals surface area contributed by atoms with E-state index >= 15 is 0 Å². The van der Waals surface area contributed by atoms with Crippen LogP contribution in [0.3, 0.4) is 0 Å². The molecule has 0 radical (unpaired) electrons. The van der Waals surface area contributed by atoms with Crippen LogP contribution in [0.2, 0.25) is 0 Å². The van der Waals surface area contributed by atoms with E-state index in [4.69, 9.17) is 10.5 Å². The van der Waals surface area contributed by atoms with Crippen molar-refractivity contribution in [1.82, 2.24) is 9.80 Å². The Labute approximate surface area is 149 Å². The molecule has 1 aliphatic rings. The molecule has 6 nitrogen and oxygen atoms in total. The maximum Gasteiger partial charge on any atom is 0.410 e. The van der Waals surface area contributed by atoms with Crippen LogP contribution in [0.4, 0.5) is 4.79 Å².